The Kier molecular flexibility index (Phi) is 26.8. The number of pyridine rings is 4. The van der Waals surface area contributed by atoms with Crippen LogP contribution < -0.4 is 37.9 Å². The van der Waals surface area contributed by atoms with Gasteiger partial charge in [-0.1, -0.05) is 143 Å². The zero-order valence-corrected chi connectivity index (χ0v) is 69.4. The highest BCUT2D eigenvalue weighted by molar-refractivity contribution is 5.76. The summed E-state index contributed by atoms with van der Waals surface area (Å²) in [6.45, 7) is 16.2. The fourth-order valence-corrected chi connectivity index (χ4v) is 14.6. The molecule has 0 aliphatic rings. The van der Waals surface area contributed by atoms with E-state index in [2.05, 4.69) is 267 Å². The third-order valence-electron chi connectivity index (χ3n) is 21.4. The molecule has 4 aromatic heterocycles. The maximum Gasteiger partial charge on any atom is 0.126 e. The van der Waals surface area contributed by atoms with E-state index in [9.17, 15) is 0 Å². The molecule has 0 aliphatic carbocycles. The minimum absolute atomic E-state index is 0.294. The molecule has 13 rings (SSSR count). The highest BCUT2D eigenvalue weighted by atomic mass is 16.6. The molecule has 0 fully saturated rings. The first-order valence-electron chi connectivity index (χ1n) is 40.1. The van der Waals surface area contributed by atoms with E-state index in [1.807, 2.05) is 62.4 Å². The van der Waals surface area contributed by atoms with Crippen LogP contribution in [0.2, 0.25) is 0 Å². The van der Waals surface area contributed by atoms with Gasteiger partial charge in [-0.25, -0.2) is 0 Å². The van der Waals surface area contributed by atoms with E-state index in [4.69, 9.17) is 62.6 Å². The Morgan fingerprint density at radius 3 is 0.940 bits per heavy atom. The number of unbranched alkanes of at least 4 members (excludes halogenated alkanes) is 2. The van der Waals surface area contributed by atoms with E-state index in [0.29, 0.717) is 33.0 Å². The van der Waals surface area contributed by atoms with Crippen LogP contribution in [0, 0.1) is 13.8 Å². The van der Waals surface area contributed by atoms with E-state index in [0.717, 1.165) is 191 Å². The van der Waals surface area contributed by atoms with E-state index in [-0.39, 0.29) is 16.9 Å². The lowest BCUT2D eigenvalue weighted by molar-refractivity contribution is -0.884. The van der Waals surface area contributed by atoms with Crippen LogP contribution in [-0.4, -0.2) is 107 Å². The minimum atomic E-state index is -0.376. The SMILES string of the molecule is COc1ccc(-c2cc(C)nc(-c3cc(-c4ccc(OC)cc4)cc(CCCCOc4ccc(C(C)(C)c5ccc(OCC(COc6ccc(C(C)(C)c7ccc(OCCCCc8cc(-c9ccc(OC)cc9)cc(-c9cc(-c%10ccc(OC)cc%10)cc(C)n9)n8)cc7)cc6)OCc6cccc(C[N+](C)(C)C)c6)cc5)cc4)n3)c2)cc1. The van der Waals surface area contributed by atoms with Crippen molar-refractivity contribution in [3.05, 3.63) is 323 Å². The number of rotatable bonds is 37. The van der Waals surface area contributed by atoms with Gasteiger partial charge in [0.05, 0.1) is 92.2 Å². The average molecular weight is 1550 g/mol. The Morgan fingerprint density at radius 2 is 0.612 bits per heavy atom. The molecular formula is C102H108N5O9+. The molecule has 0 bridgehead atoms. The summed E-state index contributed by atoms with van der Waals surface area (Å²) in [5.41, 5.74) is 22.3. The topological polar surface area (TPSA) is 135 Å². The first-order chi connectivity index (χ1) is 56.1. The number of hydrogen-bond donors (Lipinski definition) is 0. The number of nitrogens with zero attached hydrogens (tertiary/aromatic N) is 5. The summed E-state index contributed by atoms with van der Waals surface area (Å²) in [6, 6.07) is 92.2. The molecule has 0 amide bonds. The quantitative estimate of drug-likeness (QED) is 0.0270. The normalized spacial score (nSPS) is 11.7. The van der Waals surface area contributed by atoms with Crippen molar-refractivity contribution >= 4 is 0 Å². The largest absolute Gasteiger partial charge is 0.497 e. The third kappa shape index (κ3) is 21.8. The zero-order chi connectivity index (χ0) is 81.2. The zero-order valence-electron chi connectivity index (χ0n) is 69.4. The van der Waals surface area contributed by atoms with Crippen LogP contribution in [-0.2, 0) is 41.6 Å². The van der Waals surface area contributed by atoms with Crippen molar-refractivity contribution in [1.29, 1.82) is 0 Å². The molecule has 0 saturated carbocycles. The molecular weight excluding hydrogens is 1440 g/mol. The molecule has 0 saturated heterocycles. The first-order valence-corrected chi connectivity index (χ1v) is 40.1. The van der Waals surface area contributed by atoms with Crippen LogP contribution in [0.25, 0.3) is 67.3 Å². The molecule has 116 heavy (non-hydrogen) atoms. The maximum atomic E-state index is 6.69. The molecule has 13 aromatic rings. The molecule has 0 spiro atoms. The molecule has 0 aliphatic heterocycles. The highest BCUT2D eigenvalue weighted by Gasteiger charge is 2.26. The predicted molar refractivity (Wildman–Crippen MR) is 467 cm³/mol. The van der Waals surface area contributed by atoms with Gasteiger partial charge in [-0.2, -0.15) is 0 Å². The molecule has 14 nitrogen and oxygen atoms in total. The predicted octanol–water partition coefficient (Wildman–Crippen LogP) is 22.6. The summed E-state index contributed by atoms with van der Waals surface area (Å²) < 4.78 is 55.2. The molecule has 594 valence electrons. The highest BCUT2D eigenvalue weighted by Crippen LogP contribution is 2.38. The monoisotopic (exact) mass is 1550 g/mol. The lowest BCUT2D eigenvalue weighted by Gasteiger charge is -2.27. The number of methoxy groups -OCH3 is 4. The van der Waals surface area contributed by atoms with Crippen LogP contribution in [0.1, 0.15) is 110 Å². The second kappa shape index (κ2) is 37.9. The lowest BCUT2D eigenvalue weighted by atomic mass is 9.78. The van der Waals surface area contributed by atoms with Crippen molar-refractivity contribution in [3.8, 4) is 113 Å². The van der Waals surface area contributed by atoms with Crippen LogP contribution >= 0.6 is 0 Å². The number of aryl methyl sites for hydroxylation is 4. The Balaban J connectivity index is 0.596. The minimum Gasteiger partial charge on any atom is -0.497 e. The van der Waals surface area contributed by atoms with Gasteiger partial charge in [0.15, 0.2) is 0 Å². The Labute approximate surface area is 685 Å². The molecule has 0 atom stereocenters. The van der Waals surface area contributed by atoms with Crippen molar-refractivity contribution in [2.75, 3.05) is 76.0 Å². The van der Waals surface area contributed by atoms with Gasteiger partial charge in [0.2, 0.25) is 0 Å². The van der Waals surface area contributed by atoms with Crippen molar-refractivity contribution < 1.29 is 47.1 Å². The van der Waals surface area contributed by atoms with E-state index in [1.165, 1.54) is 27.8 Å². The standard InChI is InChI=1S/C102H108N5O9/c1-70-57-78(74-23-39-88(108-10)40-24-74)62-97(103-70)99-64-80(76-27-43-90(110-12)44-28-76)60-86(105-99)21-14-16-55-112-92-47-31-82(32-48-92)101(3,4)84-35-51-94(52-36-84)115-68-96(114-67-73-20-18-19-72(59-73)66-107(7,8)9)69-116-95-53-37-85(38-54-95)102(5,6)83-33-49-93(50-34-83)113-56-17-15-22-87-61-81(77-29-45-91(111-13)46-30-77)65-100(106-87)98-63-79(58-71(2)104-98)75-25-41-89(109-11)42-26-75/h18-20,23-54,57-65,96H,14-17,21-22,55-56,66-69H2,1-13H3/q+1. The van der Waals surface area contributed by atoms with Gasteiger partial charge in [-0.15, -0.1) is 0 Å². The van der Waals surface area contributed by atoms with Crippen molar-refractivity contribution in [1.82, 2.24) is 19.9 Å². The molecule has 0 N–H and O–H groups in total. The Bertz CT molecular complexity index is 5050. The van der Waals surface area contributed by atoms with Gasteiger partial charge in [-0.3, -0.25) is 19.9 Å². The summed E-state index contributed by atoms with van der Waals surface area (Å²) in [4.78, 5) is 20.4. The van der Waals surface area contributed by atoms with Crippen LogP contribution in [0.4, 0.5) is 0 Å². The van der Waals surface area contributed by atoms with Crippen molar-refractivity contribution in [3.63, 3.8) is 0 Å². The number of benzene rings is 9. The summed E-state index contributed by atoms with van der Waals surface area (Å²) in [5.74, 6) is 6.45. The summed E-state index contributed by atoms with van der Waals surface area (Å²) >= 11 is 0. The van der Waals surface area contributed by atoms with Crippen LogP contribution in [0.15, 0.2) is 267 Å². The van der Waals surface area contributed by atoms with Crippen molar-refractivity contribution in [2.24, 2.45) is 0 Å². The van der Waals surface area contributed by atoms with Gasteiger partial charge < -0.3 is 47.1 Å². The molecule has 14 heteroatoms. The van der Waals surface area contributed by atoms with Crippen LogP contribution in [0.3, 0.4) is 0 Å². The number of ether oxygens (including phenoxy) is 9. The average Bonchev–Trinajstić information content (AvgIpc) is 0.813. The Hall–Kier alpha value is -12.1. The van der Waals surface area contributed by atoms with Gasteiger partial charge in [0, 0.05) is 39.2 Å². The molecule has 4 heterocycles. The fourth-order valence-electron chi connectivity index (χ4n) is 14.6. The van der Waals surface area contributed by atoms with Gasteiger partial charge in [0.25, 0.3) is 0 Å². The van der Waals surface area contributed by atoms with Gasteiger partial charge >= 0.3 is 0 Å². The summed E-state index contributed by atoms with van der Waals surface area (Å²) in [7, 11) is 13.4. The number of quaternary nitrogens is 1. The third-order valence-corrected chi connectivity index (χ3v) is 21.4. The fraction of sp³-hybridized carbons (Fsp3) is 0.275. The molecule has 0 radical (unpaired) electrons. The van der Waals surface area contributed by atoms with Gasteiger partial charge in [-0.05, 0) is 276 Å². The van der Waals surface area contributed by atoms with Gasteiger partial charge in [0.1, 0.15) is 71.9 Å². The lowest BCUT2D eigenvalue weighted by Crippen LogP contribution is -2.33. The van der Waals surface area contributed by atoms with E-state index < -0.39 is 0 Å². The number of hydrogen-bond acceptors (Lipinski definition) is 13. The van der Waals surface area contributed by atoms with Crippen molar-refractivity contribution in [2.45, 2.75) is 110 Å². The maximum absolute atomic E-state index is 6.69. The first kappa shape index (κ1) is 81.9. The molecule has 0 unspecified atom stereocenters. The second-order valence-corrected chi connectivity index (χ2v) is 31.9. The van der Waals surface area contributed by atoms with Crippen LogP contribution in [0.5, 0.6) is 46.0 Å². The Morgan fingerprint density at radius 1 is 0.310 bits per heavy atom. The summed E-state index contributed by atoms with van der Waals surface area (Å²) in [5, 5.41) is 0. The summed E-state index contributed by atoms with van der Waals surface area (Å²) in [6.07, 6.45) is 4.73. The smallest absolute Gasteiger partial charge is 0.126 e. The second-order valence-electron chi connectivity index (χ2n) is 31.9. The van der Waals surface area contributed by atoms with E-state index in [1.54, 1.807) is 28.4 Å². The number of aromatic nitrogens is 4. The molecule has 9 aromatic carbocycles. The van der Waals surface area contributed by atoms with E-state index >= 15 is 0 Å².